The molecule has 2 heterocycles. The lowest BCUT2D eigenvalue weighted by atomic mass is 9.94. The van der Waals surface area contributed by atoms with Crippen molar-refractivity contribution in [1.82, 2.24) is 4.90 Å². The number of aliphatic imine (C=N–C) groups is 1. The zero-order valence-corrected chi connectivity index (χ0v) is 21.0. The van der Waals surface area contributed by atoms with Crippen LogP contribution in [0.15, 0.2) is 79.5 Å². The van der Waals surface area contributed by atoms with Crippen molar-refractivity contribution in [3.05, 3.63) is 80.8 Å². The van der Waals surface area contributed by atoms with Crippen LogP contribution in [0, 0.1) is 0 Å². The molecular formula is C26H22BrClN2O2S. The minimum atomic E-state index is 0.00576. The van der Waals surface area contributed by atoms with Gasteiger partial charge in [-0.05, 0) is 76.9 Å². The molecule has 4 nitrogen and oxygen atoms in total. The number of halogens is 2. The number of amidine groups is 1. The molecule has 0 bridgehead atoms. The molecule has 0 atom stereocenters. The second kappa shape index (κ2) is 9.92. The van der Waals surface area contributed by atoms with Crippen molar-refractivity contribution in [2.45, 2.75) is 38.1 Å². The third kappa shape index (κ3) is 4.98. The van der Waals surface area contributed by atoms with E-state index >= 15 is 0 Å². The van der Waals surface area contributed by atoms with Crippen LogP contribution < -0.4 is 0 Å². The van der Waals surface area contributed by atoms with Crippen molar-refractivity contribution < 1.29 is 9.21 Å². The maximum absolute atomic E-state index is 13.5. The van der Waals surface area contributed by atoms with Gasteiger partial charge in [-0.1, -0.05) is 55.1 Å². The second-order valence-corrected chi connectivity index (χ2v) is 10.4. The Labute approximate surface area is 210 Å². The Balaban J connectivity index is 1.45. The van der Waals surface area contributed by atoms with Crippen molar-refractivity contribution in [3.63, 3.8) is 0 Å². The number of nitrogens with zero attached hydrogens (tertiary/aromatic N) is 2. The third-order valence-electron chi connectivity index (χ3n) is 5.86. The first-order valence-electron chi connectivity index (χ1n) is 11.0. The normalized spacial score (nSPS) is 19.7. The van der Waals surface area contributed by atoms with Crippen molar-refractivity contribution in [3.8, 4) is 11.3 Å². The van der Waals surface area contributed by atoms with E-state index in [0.29, 0.717) is 21.4 Å². The quantitative estimate of drug-likeness (QED) is 0.312. The largest absolute Gasteiger partial charge is 0.457 e. The Kier molecular flexibility index (Phi) is 6.76. The number of hydrogen-bond donors (Lipinski definition) is 0. The van der Waals surface area contributed by atoms with Crippen molar-refractivity contribution >= 4 is 62.1 Å². The van der Waals surface area contributed by atoms with E-state index in [1.807, 2.05) is 71.6 Å². The molecule has 1 aliphatic heterocycles. The van der Waals surface area contributed by atoms with Crippen molar-refractivity contribution in [1.29, 1.82) is 0 Å². The first kappa shape index (κ1) is 22.5. The van der Waals surface area contributed by atoms with Crippen LogP contribution in [0.1, 0.15) is 37.9 Å². The van der Waals surface area contributed by atoms with E-state index in [-0.39, 0.29) is 11.9 Å². The predicted molar refractivity (Wildman–Crippen MR) is 140 cm³/mol. The van der Waals surface area contributed by atoms with E-state index in [0.717, 1.165) is 46.6 Å². The Morgan fingerprint density at radius 2 is 1.85 bits per heavy atom. The van der Waals surface area contributed by atoms with Gasteiger partial charge in [0.2, 0.25) is 0 Å². The zero-order valence-electron chi connectivity index (χ0n) is 17.8. The summed E-state index contributed by atoms with van der Waals surface area (Å²) >= 11 is 11.1. The van der Waals surface area contributed by atoms with E-state index in [1.54, 1.807) is 0 Å². The molecule has 7 heteroatoms. The van der Waals surface area contributed by atoms with E-state index in [4.69, 9.17) is 21.0 Å². The number of benzene rings is 2. The summed E-state index contributed by atoms with van der Waals surface area (Å²) in [6.45, 7) is 0. The van der Waals surface area contributed by atoms with Crippen LogP contribution in [0.4, 0.5) is 5.69 Å². The molecule has 0 radical (unpaired) electrons. The highest BCUT2D eigenvalue weighted by molar-refractivity contribution is 9.10. The molecule has 1 saturated carbocycles. The summed E-state index contributed by atoms with van der Waals surface area (Å²) in [5.74, 6) is 1.34. The predicted octanol–water partition coefficient (Wildman–Crippen LogP) is 8.30. The second-order valence-electron chi connectivity index (χ2n) is 8.14. The number of carbonyl (C=O) groups excluding carboxylic acids is 1. The lowest BCUT2D eigenvalue weighted by Gasteiger charge is -2.30. The lowest BCUT2D eigenvalue weighted by molar-refractivity contribution is -0.124. The molecule has 1 aromatic heterocycles. The van der Waals surface area contributed by atoms with Crippen molar-refractivity contribution in [2.75, 3.05) is 0 Å². The molecule has 1 saturated heterocycles. The first-order chi connectivity index (χ1) is 16.1. The number of para-hydroxylation sites is 1. The van der Waals surface area contributed by atoms with Gasteiger partial charge in [0.15, 0.2) is 5.17 Å². The van der Waals surface area contributed by atoms with Crippen LogP contribution in [0.5, 0.6) is 0 Å². The summed E-state index contributed by atoms with van der Waals surface area (Å²) in [6, 6.07) is 19.5. The third-order valence-corrected chi connectivity index (χ3v) is 8.08. The van der Waals surface area contributed by atoms with Crippen LogP contribution in [0.3, 0.4) is 0 Å². The molecule has 5 rings (SSSR count). The average molecular weight is 542 g/mol. The average Bonchev–Trinajstić information content (AvgIpc) is 3.42. The van der Waals surface area contributed by atoms with Crippen LogP contribution in [-0.2, 0) is 4.79 Å². The molecule has 3 aromatic rings. The molecule has 2 fully saturated rings. The molecule has 33 heavy (non-hydrogen) atoms. The fraction of sp³-hybridized carbons (Fsp3) is 0.231. The summed E-state index contributed by atoms with van der Waals surface area (Å²) in [5.41, 5.74) is 1.73. The Hall–Kier alpha value is -2.28. The van der Waals surface area contributed by atoms with Gasteiger partial charge in [-0.2, -0.15) is 0 Å². The van der Waals surface area contributed by atoms with Gasteiger partial charge < -0.3 is 4.42 Å². The standard InChI is InChI=1S/C26H22BrClN2O2S/c27-21-13-11-17(15-22(21)28)23-14-12-20(32-23)16-24-25(31)30(19-9-5-2-6-10-19)26(33-24)29-18-7-3-1-4-8-18/h1,3-4,7-8,11-16,19H,2,5-6,9-10H2/b24-16-,29-26?. The maximum atomic E-state index is 13.5. The van der Waals surface area contributed by atoms with Gasteiger partial charge in [-0.3, -0.25) is 9.69 Å². The van der Waals surface area contributed by atoms with Gasteiger partial charge >= 0.3 is 0 Å². The summed E-state index contributed by atoms with van der Waals surface area (Å²) < 4.78 is 6.87. The SMILES string of the molecule is O=C1/C(=C/c2ccc(-c3ccc(Br)c(Cl)c3)o2)SC(=Nc2ccccc2)N1C1CCCCC1. The maximum Gasteiger partial charge on any atom is 0.267 e. The Bertz CT molecular complexity index is 1230. The monoisotopic (exact) mass is 540 g/mol. The van der Waals surface area contributed by atoms with Crippen LogP contribution in [0.2, 0.25) is 5.02 Å². The van der Waals surface area contributed by atoms with E-state index in [1.165, 1.54) is 18.2 Å². The van der Waals surface area contributed by atoms with Gasteiger partial charge in [-0.25, -0.2) is 4.99 Å². The molecule has 0 spiro atoms. The van der Waals surface area contributed by atoms with Gasteiger partial charge in [-0.15, -0.1) is 0 Å². The topological polar surface area (TPSA) is 45.8 Å². The molecule has 168 valence electrons. The highest BCUT2D eigenvalue weighted by Crippen LogP contribution is 2.39. The minimum absolute atomic E-state index is 0.00576. The summed E-state index contributed by atoms with van der Waals surface area (Å²) in [7, 11) is 0. The molecular weight excluding hydrogens is 520 g/mol. The smallest absolute Gasteiger partial charge is 0.267 e. The van der Waals surface area contributed by atoms with E-state index in [9.17, 15) is 4.79 Å². The fourth-order valence-corrected chi connectivity index (χ4v) is 5.67. The zero-order chi connectivity index (χ0) is 22.8. The number of hydrogen-bond acceptors (Lipinski definition) is 4. The van der Waals surface area contributed by atoms with Gasteiger partial charge in [0.05, 0.1) is 15.6 Å². The number of furan rings is 1. The van der Waals surface area contributed by atoms with Crippen LogP contribution in [0.25, 0.3) is 17.4 Å². The van der Waals surface area contributed by atoms with Crippen LogP contribution >= 0.6 is 39.3 Å². The minimum Gasteiger partial charge on any atom is -0.457 e. The number of rotatable bonds is 4. The molecule has 1 aliphatic carbocycles. The summed E-state index contributed by atoms with van der Waals surface area (Å²) in [6.07, 6.45) is 7.38. The summed E-state index contributed by atoms with van der Waals surface area (Å²) in [5, 5.41) is 1.37. The van der Waals surface area contributed by atoms with Gasteiger partial charge in [0, 0.05) is 22.2 Å². The van der Waals surface area contributed by atoms with Crippen molar-refractivity contribution in [2.24, 2.45) is 4.99 Å². The van der Waals surface area contributed by atoms with E-state index < -0.39 is 0 Å². The number of thioether (sulfide) groups is 1. The highest BCUT2D eigenvalue weighted by Gasteiger charge is 2.38. The van der Waals surface area contributed by atoms with E-state index in [2.05, 4.69) is 15.9 Å². The number of carbonyl (C=O) groups is 1. The first-order valence-corrected chi connectivity index (χ1v) is 13.0. The molecule has 0 N–H and O–H groups in total. The summed E-state index contributed by atoms with van der Waals surface area (Å²) in [4.78, 5) is 20.8. The molecule has 2 aliphatic rings. The fourth-order valence-electron chi connectivity index (χ4n) is 4.20. The van der Waals surface area contributed by atoms with Crippen LogP contribution in [-0.4, -0.2) is 22.0 Å². The Morgan fingerprint density at radius 3 is 2.61 bits per heavy atom. The van der Waals surface area contributed by atoms with Gasteiger partial charge in [0.25, 0.3) is 5.91 Å². The highest BCUT2D eigenvalue weighted by atomic mass is 79.9. The number of amides is 1. The molecule has 0 unspecified atom stereocenters. The molecule has 1 amide bonds. The van der Waals surface area contributed by atoms with Gasteiger partial charge in [0.1, 0.15) is 11.5 Å². The Morgan fingerprint density at radius 1 is 1.06 bits per heavy atom. The molecule has 2 aromatic carbocycles. The lowest BCUT2D eigenvalue weighted by Crippen LogP contribution is -2.40.